The summed E-state index contributed by atoms with van der Waals surface area (Å²) < 4.78 is 5.80. The average Bonchev–Trinajstić information content (AvgIpc) is 2.67. The molecular formula is C21H19NO2. The topological polar surface area (TPSA) is 29.5 Å². The van der Waals surface area contributed by atoms with Crippen LogP contribution in [0.25, 0.3) is 0 Å². The van der Waals surface area contributed by atoms with Crippen molar-refractivity contribution in [1.29, 1.82) is 0 Å². The Morgan fingerprint density at radius 2 is 1.42 bits per heavy atom. The molecule has 3 nitrogen and oxygen atoms in total. The third-order valence-corrected chi connectivity index (χ3v) is 3.83. The summed E-state index contributed by atoms with van der Waals surface area (Å²) in [6, 6.07) is 26.8. The number of amides is 1. The van der Waals surface area contributed by atoms with Crippen LogP contribution in [0.4, 0.5) is 5.69 Å². The summed E-state index contributed by atoms with van der Waals surface area (Å²) >= 11 is 0. The molecule has 1 amide bonds. The monoisotopic (exact) mass is 317 g/mol. The molecule has 0 bridgehead atoms. The van der Waals surface area contributed by atoms with Crippen LogP contribution in [-0.2, 0) is 6.61 Å². The van der Waals surface area contributed by atoms with Crippen LogP contribution in [-0.4, -0.2) is 13.0 Å². The molecule has 3 rings (SSSR count). The predicted molar refractivity (Wildman–Crippen MR) is 96.4 cm³/mol. The van der Waals surface area contributed by atoms with E-state index < -0.39 is 0 Å². The highest BCUT2D eigenvalue weighted by molar-refractivity contribution is 6.06. The van der Waals surface area contributed by atoms with Crippen molar-refractivity contribution in [3.63, 3.8) is 0 Å². The lowest BCUT2D eigenvalue weighted by Crippen LogP contribution is -2.27. The minimum atomic E-state index is -0.0477. The van der Waals surface area contributed by atoms with Gasteiger partial charge in [0.25, 0.3) is 5.91 Å². The number of rotatable bonds is 5. The van der Waals surface area contributed by atoms with E-state index in [1.807, 2.05) is 84.9 Å². The summed E-state index contributed by atoms with van der Waals surface area (Å²) in [5.41, 5.74) is 2.38. The molecule has 0 aromatic heterocycles. The molecule has 0 N–H and O–H groups in total. The zero-order chi connectivity index (χ0) is 16.8. The van der Waals surface area contributed by atoms with E-state index in [1.165, 1.54) is 0 Å². The van der Waals surface area contributed by atoms with E-state index in [2.05, 4.69) is 0 Å². The molecule has 0 aliphatic heterocycles. The number of anilines is 1. The largest absolute Gasteiger partial charge is 0.489 e. The zero-order valence-corrected chi connectivity index (χ0v) is 13.6. The highest BCUT2D eigenvalue weighted by atomic mass is 16.5. The first-order valence-corrected chi connectivity index (χ1v) is 7.84. The molecule has 0 atom stereocenters. The Balaban J connectivity index is 1.79. The average molecular weight is 317 g/mol. The van der Waals surface area contributed by atoms with Crippen molar-refractivity contribution in [3.8, 4) is 5.75 Å². The SMILES string of the molecule is CN(C(=O)c1ccccc1COc1ccccc1)c1ccccc1. The molecule has 0 saturated carbocycles. The standard InChI is InChI=1S/C21H19NO2/c1-22(18-11-4-2-5-12-18)21(23)20-15-9-8-10-17(20)16-24-19-13-6-3-7-14-19/h2-15H,16H2,1H3. The summed E-state index contributed by atoms with van der Waals surface area (Å²) in [4.78, 5) is 14.5. The van der Waals surface area contributed by atoms with Crippen LogP contribution in [0.1, 0.15) is 15.9 Å². The highest BCUT2D eigenvalue weighted by Crippen LogP contribution is 2.19. The van der Waals surface area contributed by atoms with Crippen LogP contribution in [0.15, 0.2) is 84.9 Å². The Hall–Kier alpha value is -3.07. The quantitative estimate of drug-likeness (QED) is 0.691. The number of hydrogen-bond acceptors (Lipinski definition) is 2. The second kappa shape index (κ2) is 7.47. The van der Waals surface area contributed by atoms with Crippen molar-refractivity contribution in [3.05, 3.63) is 96.1 Å². The molecule has 0 fully saturated rings. The predicted octanol–water partition coefficient (Wildman–Crippen LogP) is 4.54. The third kappa shape index (κ3) is 3.63. The molecule has 3 aromatic rings. The van der Waals surface area contributed by atoms with Crippen LogP contribution < -0.4 is 9.64 Å². The smallest absolute Gasteiger partial charge is 0.258 e. The van der Waals surface area contributed by atoms with Gasteiger partial charge in [-0.25, -0.2) is 0 Å². The van der Waals surface area contributed by atoms with Crippen molar-refractivity contribution in [2.75, 3.05) is 11.9 Å². The second-order valence-corrected chi connectivity index (χ2v) is 5.46. The molecule has 120 valence electrons. The lowest BCUT2D eigenvalue weighted by Gasteiger charge is -2.19. The van der Waals surface area contributed by atoms with E-state index in [4.69, 9.17) is 4.74 Å². The van der Waals surface area contributed by atoms with Gasteiger partial charge in [0.15, 0.2) is 0 Å². The number of nitrogens with zero attached hydrogens (tertiary/aromatic N) is 1. The normalized spacial score (nSPS) is 10.2. The minimum Gasteiger partial charge on any atom is -0.489 e. The first-order valence-electron chi connectivity index (χ1n) is 7.84. The minimum absolute atomic E-state index is 0.0477. The Labute approximate surface area is 142 Å². The van der Waals surface area contributed by atoms with E-state index in [-0.39, 0.29) is 5.91 Å². The van der Waals surface area contributed by atoms with Crippen molar-refractivity contribution < 1.29 is 9.53 Å². The Morgan fingerprint density at radius 1 is 0.833 bits per heavy atom. The van der Waals surface area contributed by atoms with Crippen LogP contribution in [0.3, 0.4) is 0 Å². The molecular weight excluding hydrogens is 298 g/mol. The summed E-state index contributed by atoms with van der Waals surface area (Å²) in [6.07, 6.45) is 0. The maximum absolute atomic E-state index is 12.8. The molecule has 24 heavy (non-hydrogen) atoms. The van der Waals surface area contributed by atoms with Crippen LogP contribution in [0, 0.1) is 0 Å². The molecule has 0 saturated heterocycles. The Kier molecular flexibility index (Phi) is 4.92. The van der Waals surface area contributed by atoms with Gasteiger partial charge in [-0.15, -0.1) is 0 Å². The first kappa shape index (κ1) is 15.8. The number of benzene rings is 3. The molecule has 0 spiro atoms. The molecule has 3 heteroatoms. The summed E-state index contributed by atoms with van der Waals surface area (Å²) in [5, 5.41) is 0. The summed E-state index contributed by atoms with van der Waals surface area (Å²) in [7, 11) is 1.78. The molecule has 3 aromatic carbocycles. The van der Waals surface area contributed by atoms with Gasteiger partial charge < -0.3 is 9.64 Å². The van der Waals surface area contributed by atoms with Gasteiger partial charge in [0, 0.05) is 23.9 Å². The van der Waals surface area contributed by atoms with Gasteiger partial charge in [-0.2, -0.15) is 0 Å². The van der Waals surface area contributed by atoms with Crippen LogP contribution >= 0.6 is 0 Å². The van der Waals surface area contributed by atoms with E-state index in [1.54, 1.807) is 11.9 Å². The maximum Gasteiger partial charge on any atom is 0.258 e. The summed E-state index contributed by atoms with van der Waals surface area (Å²) in [6.45, 7) is 0.356. The number of carbonyl (C=O) groups excluding carboxylic acids is 1. The van der Waals surface area contributed by atoms with Gasteiger partial charge in [0.2, 0.25) is 0 Å². The van der Waals surface area contributed by atoms with E-state index in [0.717, 1.165) is 17.0 Å². The van der Waals surface area contributed by atoms with Gasteiger partial charge in [0.05, 0.1) is 0 Å². The van der Waals surface area contributed by atoms with Gasteiger partial charge in [-0.3, -0.25) is 4.79 Å². The lowest BCUT2D eigenvalue weighted by atomic mass is 10.1. The number of ether oxygens (including phenoxy) is 1. The van der Waals surface area contributed by atoms with Crippen molar-refractivity contribution >= 4 is 11.6 Å². The van der Waals surface area contributed by atoms with Gasteiger partial charge in [-0.05, 0) is 30.3 Å². The van der Waals surface area contributed by atoms with E-state index in [0.29, 0.717) is 12.2 Å². The number of hydrogen-bond donors (Lipinski definition) is 0. The van der Waals surface area contributed by atoms with Crippen molar-refractivity contribution in [2.45, 2.75) is 6.61 Å². The van der Waals surface area contributed by atoms with Crippen molar-refractivity contribution in [1.82, 2.24) is 0 Å². The third-order valence-electron chi connectivity index (χ3n) is 3.83. The Morgan fingerprint density at radius 3 is 2.12 bits per heavy atom. The molecule has 0 radical (unpaired) electrons. The van der Waals surface area contributed by atoms with E-state index in [9.17, 15) is 4.79 Å². The fourth-order valence-corrected chi connectivity index (χ4v) is 2.48. The molecule has 0 heterocycles. The zero-order valence-electron chi connectivity index (χ0n) is 13.6. The fraction of sp³-hybridized carbons (Fsp3) is 0.0952. The van der Waals surface area contributed by atoms with E-state index >= 15 is 0 Å². The first-order chi connectivity index (χ1) is 11.8. The van der Waals surface area contributed by atoms with Crippen LogP contribution in [0.2, 0.25) is 0 Å². The molecule has 0 aliphatic rings. The number of para-hydroxylation sites is 2. The second-order valence-electron chi connectivity index (χ2n) is 5.46. The highest BCUT2D eigenvalue weighted by Gasteiger charge is 2.16. The lowest BCUT2D eigenvalue weighted by molar-refractivity contribution is 0.0990. The molecule has 0 aliphatic carbocycles. The molecule has 0 unspecified atom stereocenters. The van der Waals surface area contributed by atoms with Gasteiger partial charge in [-0.1, -0.05) is 54.6 Å². The summed E-state index contributed by atoms with van der Waals surface area (Å²) in [5.74, 6) is 0.740. The fourth-order valence-electron chi connectivity index (χ4n) is 2.48. The van der Waals surface area contributed by atoms with Gasteiger partial charge in [0.1, 0.15) is 12.4 Å². The Bertz CT molecular complexity index is 800. The van der Waals surface area contributed by atoms with Gasteiger partial charge >= 0.3 is 0 Å². The maximum atomic E-state index is 12.8. The van der Waals surface area contributed by atoms with Crippen molar-refractivity contribution in [2.24, 2.45) is 0 Å². The van der Waals surface area contributed by atoms with Crippen LogP contribution in [0.5, 0.6) is 5.75 Å². The number of carbonyl (C=O) groups is 1.